The van der Waals surface area contributed by atoms with Crippen LogP contribution in [0.5, 0.6) is 5.75 Å². The van der Waals surface area contributed by atoms with Gasteiger partial charge in [0, 0.05) is 11.3 Å². The van der Waals surface area contributed by atoms with Gasteiger partial charge < -0.3 is 20.2 Å². The van der Waals surface area contributed by atoms with Crippen LogP contribution in [0, 0.1) is 6.92 Å². The number of aromatic amines is 1. The number of carbonyl (C=O) groups is 3. The van der Waals surface area contributed by atoms with E-state index in [9.17, 15) is 14.4 Å². The molecule has 0 spiro atoms. The van der Waals surface area contributed by atoms with Gasteiger partial charge in [-0.05, 0) is 43.5 Å². The molecule has 0 aliphatic carbocycles. The molecule has 7 nitrogen and oxygen atoms in total. The predicted molar refractivity (Wildman–Crippen MR) is 95.2 cm³/mol. The fourth-order valence-electron chi connectivity index (χ4n) is 2.78. The van der Waals surface area contributed by atoms with Gasteiger partial charge in [0.1, 0.15) is 18.1 Å². The number of aryl methyl sites for hydroxylation is 1. The van der Waals surface area contributed by atoms with Crippen molar-refractivity contribution in [2.24, 2.45) is 5.73 Å². The lowest BCUT2D eigenvalue weighted by atomic mass is 10.0. The van der Waals surface area contributed by atoms with Crippen LogP contribution in [0.15, 0.2) is 24.3 Å². The lowest BCUT2D eigenvalue weighted by molar-refractivity contribution is -0.119. The Morgan fingerprint density at radius 2 is 1.96 bits per heavy atom. The molecule has 1 aromatic heterocycles. The largest absolute Gasteiger partial charge is 0.484 e. The highest BCUT2D eigenvalue weighted by Crippen LogP contribution is 2.22. The standard InChI is InChI=1S/C19H22N2O5/c1-4-15-17(12(3)22)11(2)21-18(15)19(24)26-9-13-6-5-7-14(8-13)25-10-16(20)23/h5-8,21H,4,9-10H2,1-3H3,(H2,20,23). The van der Waals surface area contributed by atoms with Crippen molar-refractivity contribution in [2.45, 2.75) is 33.8 Å². The van der Waals surface area contributed by atoms with Crippen molar-refractivity contribution in [3.63, 3.8) is 0 Å². The van der Waals surface area contributed by atoms with Crippen molar-refractivity contribution in [2.75, 3.05) is 6.61 Å². The Kier molecular flexibility index (Phi) is 6.16. The lowest BCUT2D eigenvalue weighted by Gasteiger charge is -2.08. The molecule has 0 fully saturated rings. The van der Waals surface area contributed by atoms with E-state index in [4.69, 9.17) is 15.2 Å². The summed E-state index contributed by atoms with van der Waals surface area (Å²) in [5.41, 5.74) is 7.91. The van der Waals surface area contributed by atoms with Crippen LogP contribution in [0.1, 0.15) is 51.5 Å². The Balaban J connectivity index is 2.10. The summed E-state index contributed by atoms with van der Waals surface area (Å²) in [6, 6.07) is 6.84. The molecule has 3 N–H and O–H groups in total. The maximum absolute atomic E-state index is 12.4. The molecule has 1 amide bonds. The van der Waals surface area contributed by atoms with E-state index in [0.29, 0.717) is 40.2 Å². The first-order chi connectivity index (χ1) is 12.3. The average molecular weight is 358 g/mol. The number of rotatable bonds is 8. The number of benzene rings is 1. The van der Waals surface area contributed by atoms with Gasteiger partial charge in [-0.2, -0.15) is 0 Å². The van der Waals surface area contributed by atoms with Crippen LogP contribution in [0.4, 0.5) is 0 Å². The van der Waals surface area contributed by atoms with Gasteiger partial charge in [0.05, 0.1) is 0 Å². The molecule has 1 heterocycles. The number of esters is 1. The average Bonchev–Trinajstić information content (AvgIpc) is 2.95. The minimum absolute atomic E-state index is 0.0310. The zero-order valence-corrected chi connectivity index (χ0v) is 15.0. The molecule has 0 saturated carbocycles. The highest BCUT2D eigenvalue weighted by Gasteiger charge is 2.22. The normalized spacial score (nSPS) is 10.4. The van der Waals surface area contributed by atoms with Crippen LogP contribution in [0.25, 0.3) is 0 Å². The molecule has 0 aliphatic heterocycles. The highest BCUT2D eigenvalue weighted by atomic mass is 16.5. The van der Waals surface area contributed by atoms with Crippen molar-refractivity contribution in [1.29, 1.82) is 0 Å². The van der Waals surface area contributed by atoms with Crippen molar-refractivity contribution in [3.8, 4) is 5.75 Å². The summed E-state index contributed by atoms with van der Waals surface area (Å²) >= 11 is 0. The van der Waals surface area contributed by atoms with E-state index in [1.54, 1.807) is 31.2 Å². The van der Waals surface area contributed by atoms with Crippen LogP contribution in [-0.4, -0.2) is 29.3 Å². The molecule has 2 rings (SSSR count). The predicted octanol–water partition coefficient (Wildman–Crippen LogP) is 2.31. The first-order valence-electron chi connectivity index (χ1n) is 8.23. The number of nitrogens with two attached hydrogens (primary N) is 1. The maximum atomic E-state index is 12.4. The van der Waals surface area contributed by atoms with Crippen molar-refractivity contribution in [1.82, 2.24) is 4.98 Å². The monoisotopic (exact) mass is 358 g/mol. The zero-order valence-electron chi connectivity index (χ0n) is 15.0. The van der Waals surface area contributed by atoms with E-state index in [1.165, 1.54) is 6.92 Å². The number of primary amides is 1. The Morgan fingerprint density at radius 1 is 1.23 bits per heavy atom. The molecule has 1 aromatic carbocycles. The smallest absolute Gasteiger partial charge is 0.355 e. The second-order valence-electron chi connectivity index (χ2n) is 5.87. The summed E-state index contributed by atoms with van der Waals surface area (Å²) in [6.45, 7) is 4.92. The Morgan fingerprint density at radius 3 is 2.58 bits per heavy atom. The number of ketones is 1. The molecular formula is C19H22N2O5. The number of nitrogens with one attached hydrogen (secondary N) is 1. The molecule has 0 aliphatic rings. The molecule has 138 valence electrons. The van der Waals surface area contributed by atoms with Gasteiger partial charge in [0.2, 0.25) is 0 Å². The maximum Gasteiger partial charge on any atom is 0.355 e. The van der Waals surface area contributed by atoms with Gasteiger partial charge in [-0.25, -0.2) is 4.79 Å². The van der Waals surface area contributed by atoms with Gasteiger partial charge >= 0.3 is 5.97 Å². The number of aromatic nitrogens is 1. The van der Waals surface area contributed by atoms with E-state index in [2.05, 4.69) is 4.98 Å². The van der Waals surface area contributed by atoms with Crippen LogP contribution < -0.4 is 10.5 Å². The van der Waals surface area contributed by atoms with Gasteiger partial charge in [-0.15, -0.1) is 0 Å². The number of H-pyrrole nitrogens is 1. The van der Waals surface area contributed by atoms with E-state index in [0.717, 1.165) is 0 Å². The number of carbonyl (C=O) groups excluding carboxylic acids is 3. The Hall–Kier alpha value is -3.09. The Labute approximate surface area is 151 Å². The number of hydrogen-bond acceptors (Lipinski definition) is 5. The summed E-state index contributed by atoms with van der Waals surface area (Å²) in [7, 11) is 0. The molecule has 0 bridgehead atoms. The lowest BCUT2D eigenvalue weighted by Crippen LogP contribution is -2.20. The summed E-state index contributed by atoms with van der Waals surface area (Å²) < 4.78 is 10.6. The molecule has 0 radical (unpaired) electrons. The van der Waals surface area contributed by atoms with Crippen molar-refractivity contribution >= 4 is 17.7 Å². The first kappa shape index (κ1) is 19.2. The second kappa shape index (κ2) is 8.33. The third kappa shape index (κ3) is 4.50. The fraction of sp³-hybridized carbons (Fsp3) is 0.316. The second-order valence-corrected chi connectivity index (χ2v) is 5.87. The molecule has 0 atom stereocenters. The molecule has 7 heteroatoms. The number of hydrogen-bond donors (Lipinski definition) is 2. The molecule has 2 aromatic rings. The summed E-state index contributed by atoms with van der Waals surface area (Å²) in [4.78, 5) is 37.9. The van der Waals surface area contributed by atoms with Crippen molar-refractivity contribution in [3.05, 3.63) is 52.3 Å². The van der Waals surface area contributed by atoms with Crippen LogP contribution in [0.3, 0.4) is 0 Å². The summed E-state index contributed by atoms with van der Waals surface area (Å²) in [5, 5.41) is 0. The number of amides is 1. The molecule has 0 saturated heterocycles. The number of Topliss-reactive ketones (excluding diaryl/α,β-unsaturated/α-hetero) is 1. The first-order valence-corrected chi connectivity index (χ1v) is 8.23. The van der Waals surface area contributed by atoms with Crippen LogP contribution >= 0.6 is 0 Å². The van der Waals surface area contributed by atoms with E-state index in [1.807, 2.05) is 6.92 Å². The SMILES string of the molecule is CCc1c(C(=O)OCc2cccc(OCC(N)=O)c2)[nH]c(C)c1C(C)=O. The van der Waals surface area contributed by atoms with Crippen LogP contribution in [-0.2, 0) is 22.6 Å². The Bertz CT molecular complexity index is 838. The van der Waals surface area contributed by atoms with Gasteiger partial charge in [-0.3, -0.25) is 9.59 Å². The van der Waals surface area contributed by atoms with E-state index < -0.39 is 11.9 Å². The van der Waals surface area contributed by atoms with Gasteiger partial charge in [0.15, 0.2) is 12.4 Å². The minimum atomic E-state index is -0.572. The minimum Gasteiger partial charge on any atom is -0.484 e. The molecular weight excluding hydrogens is 336 g/mol. The van der Waals surface area contributed by atoms with Gasteiger partial charge in [0.25, 0.3) is 5.91 Å². The van der Waals surface area contributed by atoms with E-state index in [-0.39, 0.29) is 19.0 Å². The summed E-state index contributed by atoms with van der Waals surface area (Å²) in [6.07, 6.45) is 0.542. The summed E-state index contributed by atoms with van der Waals surface area (Å²) in [5.74, 6) is -0.728. The highest BCUT2D eigenvalue weighted by molar-refractivity contribution is 6.01. The van der Waals surface area contributed by atoms with E-state index >= 15 is 0 Å². The van der Waals surface area contributed by atoms with Gasteiger partial charge in [-0.1, -0.05) is 19.1 Å². The molecule has 26 heavy (non-hydrogen) atoms. The third-order valence-electron chi connectivity index (χ3n) is 3.85. The third-order valence-corrected chi connectivity index (χ3v) is 3.85. The quantitative estimate of drug-likeness (QED) is 0.555. The van der Waals surface area contributed by atoms with Crippen molar-refractivity contribution < 1.29 is 23.9 Å². The van der Waals surface area contributed by atoms with Crippen LogP contribution in [0.2, 0.25) is 0 Å². The zero-order chi connectivity index (χ0) is 19.3. The molecule has 0 unspecified atom stereocenters. The topological polar surface area (TPSA) is 111 Å². The number of ether oxygens (including phenoxy) is 2. The fourth-order valence-corrected chi connectivity index (χ4v) is 2.78.